The van der Waals surface area contributed by atoms with Gasteiger partial charge in [-0.15, -0.1) is 0 Å². The average molecular weight is 322 g/mol. The van der Waals surface area contributed by atoms with Gasteiger partial charge in [-0.1, -0.05) is 60.7 Å². The third-order valence-corrected chi connectivity index (χ3v) is 4.66. The Bertz CT molecular complexity index is 692. The predicted octanol–water partition coefficient (Wildman–Crippen LogP) is 2.81. The van der Waals surface area contributed by atoms with Gasteiger partial charge >= 0.3 is 0 Å². The summed E-state index contributed by atoms with van der Waals surface area (Å²) in [6.45, 7) is 1.17. The lowest BCUT2D eigenvalue weighted by atomic mass is 9.88. The van der Waals surface area contributed by atoms with Gasteiger partial charge < -0.3 is 10.6 Å². The molecule has 2 aromatic carbocycles. The van der Waals surface area contributed by atoms with E-state index in [2.05, 4.69) is 0 Å². The number of carbonyl (C=O) groups excluding carboxylic acids is 2. The second-order valence-electron chi connectivity index (χ2n) is 6.22. The maximum atomic E-state index is 12.6. The summed E-state index contributed by atoms with van der Waals surface area (Å²) in [4.78, 5) is 26.8. The van der Waals surface area contributed by atoms with Crippen LogP contribution in [0.15, 0.2) is 60.7 Å². The summed E-state index contributed by atoms with van der Waals surface area (Å²) >= 11 is 0. The molecule has 24 heavy (non-hydrogen) atoms. The molecular weight excluding hydrogens is 300 g/mol. The standard InChI is InChI=1S/C20H22N2O2/c21-18(15-7-3-1-4-8-15)20(24)22-13-11-17(12-14-22)19(23)16-9-5-2-6-10-16/h1-10,17-18H,11-14,21H2/t18-/m1/s1. The monoisotopic (exact) mass is 322 g/mol. The second kappa shape index (κ2) is 7.41. The molecule has 1 aliphatic rings. The molecule has 0 aromatic heterocycles. The summed E-state index contributed by atoms with van der Waals surface area (Å²) in [7, 11) is 0. The number of benzene rings is 2. The number of nitrogens with two attached hydrogens (primary N) is 1. The Kier molecular flexibility index (Phi) is 5.06. The van der Waals surface area contributed by atoms with Gasteiger partial charge in [-0.05, 0) is 18.4 Å². The summed E-state index contributed by atoms with van der Waals surface area (Å²) in [5, 5.41) is 0. The molecule has 1 aliphatic heterocycles. The van der Waals surface area contributed by atoms with Crippen LogP contribution >= 0.6 is 0 Å². The minimum atomic E-state index is -0.632. The fraction of sp³-hybridized carbons (Fsp3) is 0.300. The second-order valence-corrected chi connectivity index (χ2v) is 6.22. The molecule has 1 saturated heterocycles. The minimum absolute atomic E-state index is 0.00982. The fourth-order valence-corrected chi connectivity index (χ4v) is 3.20. The highest BCUT2D eigenvalue weighted by atomic mass is 16.2. The van der Waals surface area contributed by atoms with Gasteiger partial charge in [-0.2, -0.15) is 0 Å². The maximum Gasteiger partial charge on any atom is 0.244 e. The van der Waals surface area contributed by atoms with Gasteiger partial charge in [-0.3, -0.25) is 9.59 Å². The zero-order valence-electron chi connectivity index (χ0n) is 13.6. The van der Waals surface area contributed by atoms with E-state index in [0.29, 0.717) is 25.9 Å². The molecule has 124 valence electrons. The number of rotatable bonds is 4. The van der Waals surface area contributed by atoms with Crippen LogP contribution in [0.4, 0.5) is 0 Å². The molecule has 2 aromatic rings. The molecule has 0 aliphatic carbocycles. The van der Waals surface area contributed by atoms with Crippen LogP contribution in [0.2, 0.25) is 0 Å². The van der Waals surface area contributed by atoms with E-state index < -0.39 is 6.04 Å². The molecule has 0 unspecified atom stereocenters. The normalized spacial score (nSPS) is 16.6. The summed E-state index contributed by atoms with van der Waals surface area (Å²) in [6.07, 6.45) is 1.39. The molecule has 1 fully saturated rings. The van der Waals surface area contributed by atoms with E-state index in [1.165, 1.54) is 0 Å². The van der Waals surface area contributed by atoms with E-state index in [1.54, 1.807) is 4.90 Å². The summed E-state index contributed by atoms with van der Waals surface area (Å²) < 4.78 is 0. The van der Waals surface area contributed by atoms with Crippen LogP contribution in [0.1, 0.15) is 34.8 Å². The Balaban J connectivity index is 1.59. The zero-order valence-corrected chi connectivity index (χ0v) is 13.6. The van der Waals surface area contributed by atoms with Gasteiger partial charge in [0.25, 0.3) is 0 Å². The van der Waals surface area contributed by atoms with Gasteiger partial charge in [0.05, 0.1) is 0 Å². The number of nitrogens with zero attached hydrogens (tertiary/aromatic N) is 1. The lowest BCUT2D eigenvalue weighted by Gasteiger charge is -2.33. The van der Waals surface area contributed by atoms with E-state index in [4.69, 9.17) is 5.73 Å². The van der Waals surface area contributed by atoms with Crippen molar-refractivity contribution >= 4 is 11.7 Å². The van der Waals surface area contributed by atoms with Crippen molar-refractivity contribution in [1.82, 2.24) is 4.90 Å². The maximum absolute atomic E-state index is 12.6. The Morgan fingerprint density at radius 2 is 1.46 bits per heavy atom. The highest BCUT2D eigenvalue weighted by Gasteiger charge is 2.30. The van der Waals surface area contributed by atoms with Crippen molar-refractivity contribution in [2.45, 2.75) is 18.9 Å². The molecule has 1 atom stereocenters. The van der Waals surface area contributed by atoms with Crippen LogP contribution in [0.25, 0.3) is 0 Å². The van der Waals surface area contributed by atoms with Gasteiger partial charge in [0, 0.05) is 24.6 Å². The Hall–Kier alpha value is -2.46. The molecule has 4 heteroatoms. The molecule has 0 spiro atoms. The molecule has 0 radical (unpaired) electrons. The van der Waals surface area contributed by atoms with Crippen LogP contribution in [-0.2, 0) is 4.79 Å². The first-order chi connectivity index (χ1) is 11.7. The first-order valence-corrected chi connectivity index (χ1v) is 8.35. The van der Waals surface area contributed by atoms with Crippen LogP contribution in [0, 0.1) is 5.92 Å². The van der Waals surface area contributed by atoms with Gasteiger partial charge in [0.1, 0.15) is 6.04 Å². The van der Waals surface area contributed by atoms with Crippen LogP contribution in [0.3, 0.4) is 0 Å². The average Bonchev–Trinajstić information content (AvgIpc) is 2.68. The molecule has 4 nitrogen and oxygen atoms in total. The van der Waals surface area contributed by atoms with Crippen molar-refractivity contribution in [3.05, 3.63) is 71.8 Å². The molecule has 1 heterocycles. The predicted molar refractivity (Wildman–Crippen MR) is 93.4 cm³/mol. The number of hydrogen-bond acceptors (Lipinski definition) is 3. The van der Waals surface area contributed by atoms with E-state index in [9.17, 15) is 9.59 Å². The van der Waals surface area contributed by atoms with Crippen LogP contribution < -0.4 is 5.73 Å². The molecule has 0 bridgehead atoms. The van der Waals surface area contributed by atoms with E-state index >= 15 is 0 Å². The van der Waals surface area contributed by atoms with E-state index in [-0.39, 0.29) is 17.6 Å². The Morgan fingerprint density at radius 3 is 2.04 bits per heavy atom. The van der Waals surface area contributed by atoms with Crippen molar-refractivity contribution in [2.24, 2.45) is 11.7 Å². The summed E-state index contributed by atoms with van der Waals surface area (Å²) in [5.74, 6) is 0.103. The lowest BCUT2D eigenvalue weighted by molar-refractivity contribution is -0.134. The van der Waals surface area contributed by atoms with E-state index in [0.717, 1.165) is 11.1 Å². The van der Waals surface area contributed by atoms with Crippen molar-refractivity contribution < 1.29 is 9.59 Å². The zero-order chi connectivity index (χ0) is 16.9. The lowest BCUT2D eigenvalue weighted by Crippen LogP contribution is -2.44. The SMILES string of the molecule is N[C@@H](C(=O)N1CCC(C(=O)c2ccccc2)CC1)c1ccccc1. The van der Waals surface area contributed by atoms with Gasteiger partial charge in [0.2, 0.25) is 5.91 Å². The smallest absolute Gasteiger partial charge is 0.244 e. The van der Waals surface area contributed by atoms with Gasteiger partial charge in [0.15, 0.2) is 5.78 Å². The fourth-order valence-electron chi connectivity index (χ4n) is 3.20. The summed E-state index contributed by atoms with van der Waals surface area (Å²) in [6, 6.07) is 18.1. The number of ketones is 1. The number of piperidine rings is 1. The van der Waals surface area contributed by atoms with Crippen molar-refractivity contribution in [3.8, 4) is 0 Å². The number of hydrogen-bond donors (Lipinski definition) is 1. The summed E-state index contributed by atoms with van der Waals surface area (Å²) in [5.41, 5.74) is 7.67. The third-order valence-electron chi connectivity index (χ3n) is 4.66. The first kappa shape index (κ1) is 16.4. The number of amides is 1. The molecule has 2 N–H and O–H groups in total. The molecule has 0 saturated carbocycles. The van der Waals surface area contributed by atoms with Crippen molar-refractivity contribution in [2.75, 3.05) is 13.1 Å². The topological polar surface area (TPSA) is 63.4 Å². The van der Waals surface area contributed by atoms with Crippen LogP contribution in [-0.4, -0.2) is 29.7 Å². The Morgan fingerprint density at radius 1 is 0.917 bits per heavy atom. The first-order valence-electron chi connectivity index (χ1n) is 8.35. The quantitative estimate of drug-likeness (QED) is 0.880. The van der Waals surface area contributed by atoms with Crippen LogP contribution in [0.5, 0.6) is 0 Å². The largest absolute Gasteiger partial charge is 0.341 e. The third kappa shape index (κ3) is 3.54. The number of likely N-dealkylation sites (tertiary alicyclic amines) is 1. The highest BCUT2D eigenvalue weighted by molar-refractivity contribution is 5.98. The minimum Gasteiger partial charge on any atom is -0.341 e. The van der Waals surface area contributed by atoms with Gasteiger partial charge in [-0.25, -0.2) is 0 Å². The molecular formula is C20H22N2O2. The highest BCUT2D eigenvalue weighted by Crippen LogP contribution is 2.24. The van der Waals surface area contributed by atoms with Crippen molar-refractivity contribution in [1.29, 1.82) is 0 Å². The molecule has 3 rings (SSSR count). The number of carbonyl (C=O) groups is 2. The Labute approximate surface area is 142 Å². The number of Topliss-reactive ketones (excluding diaryl/α,β-unsaturated/α-hetero) is 1. The van der Waals surface area contributed by atoms with E-state index in [1.807, 2.05) is 60.7 Å². The van der Waals surface area contributed by atoms with Crippen molar-refractivity contribution in [3.63, 3.8) is 0 Å². The molecule has 1 amide bonds.